The van der Waals surface area contributed by atoms with Gasteiger partial charge in [0.05, 0.1) is 17.7 Å². The first-order valence-electron chi connectivity index (χ1n) is 8.97. The minimum absolute atomic E-state index is 0.303. The van der Waals surface area contributed by atoms with Crippen LogP contribution in [0.5, 0.6) is 0 Å². The van der Waals surface area contributed by atoms with Crippen LogP contribution >= 0.6 is 23.2 Å². The van der Waals surface area contributed by atoms with E-state index in [0.717, 1.165) is 5.56 Å². The number of hydrogen-bond acceptors (Lipinski definition) is 3. The molecule has 1 aliphatic rings. The minimum atomic E-state index is -1.30. The lowest BCUT2D eigenvalue weighted by Crippen LogP contribution is -2.51. The Balaban J connectivity index is 2.35. The van der Waals surface area contributed by atoms with Crippen molar-refractivity contribution in [3.63, 3.8) is 0 Å². The first-order chi connectivity index (χ1) is 13.4. The van der Waals surface area contributed by atoms with Crippen LogP contribution in [0.2, 0.25) is 10.0 Å². The van der Waals surface area contributed by atoms with E-state index in [1.165, 1.54) is 0 Å². The van der Waals surface area contributed by atoms with Gasteiger partial charge in [-0.25, -0.2) is 0 Å². The van der Waals surface area contributed by atoms with E-state index in [0.29, 0.717) is 33.3 Å². The van der Waals surface area contributed by atoms with E-state index in [4.69, 9.17) is 23.2 Å². The monoisotopic (exact) mass is 414 g/mol. The Morgan fingerprint density at radius 1 is 1.25 bits per heavy atom. The van der Waals surface area contributed by atoms with Gasteiger partial charge in [-0.2, -0.15) is 5.26 Å². The van der Waals surface area contributed by atoms with Gasteiger partial charge < -0.3 is 10.4 Å². The van der Waals surface area contributed by atoms with Crippen molar-refractivity contribution in [2.75, 3.05) is 0 Å². The maximum Gasteiger partial charge on any atom is 0.313 e. The van der Waals surface area contributed by atoms with Gasteiger partial charge in [0.1, 0.15) is 5.41 Å². The van der Waals surface area contributed by atoms with Crippen LogP contribution in [0.4, 0.5) is 0 Å². The number of aliphatic carboxylic acids is 1. The van der Waals surface area contributed by atoms with Gasteiger partial charge in [0.25, 0.3) is 0 Å². The molecular weight excluding hydrogens is 395 g/mol. The topological polar surface area (TPSA) is 73.1 Å². The molecule has 1 aliphatic heterocycles. The van der Waals surface area contributed by atoms with Crippen molar-refractivity contribution in [3.8, 4) is 6.07 Å². The van der Waals surface area contributed by atoms with Crippen LogP contribution in [-0.4, -0.2) is 11.1 Å². The molecule has 2 N–H and O–H groups in total. The van der Waals surface area contributed by atoms with E-state index in [1.54, 1.807) is 25.1 Å². The molecule has 0 aliphatic carbocycles. The number of benzene rings is 2. The van der Waals surface area contributed by atoms with Gasteiger partial charge in [0.2, 0.25) is 0 Å². The first-order valence-corrected chi connectivity index (χ1v) is 9.73. The van der Waals surface area contributed by atoms with Crippen LogP contribution in [0, 0.1) is 16.7 Å². The average Bonchev–Trinajstić information content (AvgIpc) is 2.68. The SMILES string of the molecule is CCC1(C(=O)O)C(c2ccccc2)NC(C)=C(C#N)C1c1ccc(Cl)cc1Cl. The summed E-state index contributed by atoms with van der Waals surface area (Å²) in [6, 6.07) is 16.1. The average molecular weight is 415 g/mol. The van der Waals surface area contributed by atoms with Crippen LogP contribution in [0.25, 0.3) is 0 Å². The number of carbonyl (C=O) groups is 1. The second kappa shape index (κ2) is 7.87. The Kier molecular flexibility index (Phi) is 5.69. The summed E-state index contributed by atoms with van der Waals surface area (Å²) in [4.78, 5) is 12.8. The summed E-state index contributed by atoms with van der Waals surface area (Å²) in [5, 5.41) is 24.5. The number of allylic oxidation sites excluding steroid dienone is 2. The number of nitrogens with zero attached hydrogens (tertiary/aromatic N) is 1. The van der Waals surface area contributed by atoms with Crippen molar-refractivity contribution in [1.82, 2.24) is 5.32 Å². The Labute approximate surface area is 174 Å². The van der Waals surface area contributed by atoms with Crippen molar-refractivity contribution in [3.05, 3.63) is 81.0 Å². The highest BCUT2D eigenvalue weighted by Crippen LogP contribution is 2.56. The van der Waals surface area contributed by atoms with Gasteiger partial charge in [-0.3, -0.25) is 4.79 Å². The molecule has 28 heavy (non-hydrogen) atoms. The fourth-order valence-electron chi connectivity index (χ4n) is 4.21. The molecule has 0 radical (unpaired) electrons. The van der Waals surface area contributed by atoms with E-state index in [2.05, 4.69) is 11.4 Å². The van der Waals surface area contributed by atoms with E-state index in [9.17, 15) is 15.2 Å². The second-order valence-corrected chi connectivity index (χ2v) is 7.78. The van der Waals surface area contributed by atoms with Gasteiger partial charge in [0, 0.05) is 21.7 Å². The third kappa shape index (κ3) is 3.15. The van der Waals surface area contributed by atoms with Gasteiger partial charge in [-0.05, 0) is 36.6 Å². The second-order valence-electron chi connectivity index (χ2n) is 6.94. The minimum Gasteiger partial charge on any atom is -0.481 e. The van der Waals surface area contributed by atoms with Crippen LogP contribution < -0.4 is 5.32 Å². The van der Waals surface area contributed by atoms with E-state index >= 15 is 0 Å². The van der Waals surface area contributed by atoms with E-state index in [1.807, 2.05) is 37.3 Å². The smallest absolute Gasteiger partial charge is 0.313 e. The maximum atomic E-state index is 12.8. The molecule has 3 atom stereocenters. The molecular formula is C22H20Cl2N2O2. The zero-order chi connectivity index (χ0) is 20.5. The van der Waals surface area contributed by atoms with Crippen LogP contribution in [0.1, 0.15) is 43.4 Å². The first kappa shape index (κ1) is 20.3. The molecule has 0 saturated heterocycles. The van der Waals surface area contributed by atoms with Gasteiger partial charge in [-0.1, -0.05) is 66.5 Å². The molecule has 0 saturated carbocycles. The van der Waals surface area contributed by atoms with Gasteiger partial charge in [0.15, 0.2) is 0 Å². The number of halogens is 2. The third-order valence-corrected chi connectivity index (χ3v) is 6.16. The van der Waals surface area contributed by atoms with E-state index < -0.39 is 23.3 Å². The molecule has 2 aromatic carbocycles. The largest absolute Gasteiger partial charge is 0.481 e. The molecule has 0 aromatic heterocycles. The van der Waals surface area contributed by atoms with E-state index in [-0.39, 0.29) is 0 Å². The van der Waals surface area contributed by atoms with Crippen LogP contribution in [-0.2, 0) is 4.79 Å². The summed E-state index contributed by atoms with van der Waals surface area (Å²) in [6.45, 7) is 3.63. The number of carboxylic acids is 1. The number of nitrogens with one attached hydrogen (secondary N) is 1. The molecule has 6 heteroatoms. The molecule has 2 aromatic rings. The highest BCUT2D eigenvalue weighted by Gasteiger charge is 2.56. The maximum absolute atomic E-state index is 12.8. The molecule has 3 unspecified atom stereocenters. The highest BCUT2D eigenvalue weighted by atomic mass is 35.5. The van der Waals surface area contributed by atoms with Crippen molar-refractivity contribution in [1.29, 1.82) is 5.26 Å². The van der Waals surface area contributed by atoms with Crippen molar-refractivity contribution >= 4 is 29.2 Å². The van der Waals surface area contributed by atoms with Crippen LogP contribution in [0.3, 0.4) is 0 Å². The lowest BCUT2D eigenvalue weighted by Gasteiger charge is -2.47. The third-order valence-electron chi connectivity index (χ3n) is 5.59. The van der Waals surface area contributed by atoms with Gasteiger partial charge >= 0.3 is 5.97 Å². The Bertz CT molecular complexity index is 982. The summed E-state index contributed by atoms with van der Waals surface area (Å²) >= 11 is 12.5. The predicted octanol–water partition coefficient (Wildman–Crippen LogP) is 5.70. The lowest BCUT2D eigenvalue weighted by atomic mass is 9.59. The zero-order valence-electron chi connectivity index (χ0n) is 15.5. The summed E-state index contributed by atoms with van der Waals surface area (Å²) in [7, 11) is 0. The number of hydrogen-bond donors (Lipinski definition) is 2. The predicted molar refractivity (Wildman–Crippen MR) is 110 cm³/mol. The summed E-state index contributed by atoms with van der Waals surface area (Å²) in [5.74, 6) is -1.69. The number of carboxylic acid groups (broad SMARTS) is 1. The zero-order valence-corrected chi connectivity index (χ0v) is 17.1. The summed E-state index contributed by atoms with van der Waals surface area (Å²) in [5.41, 5.74) is 1.16. The molecule has 3 rings (SSSR count). The lowest BCUT2D eigenvalue weighted by molar-refractivity contribution is -0.153. The number of nitriles is 1. The Hall–Kier alpha value is -2.48. The molecule has 0 fully saturated rings. The summed E-state index contributed by atoms with van der Waals surface area (Å²) in [6.07, 6.45) is 0.303. The standard InChI is InChI=1S/C22H20Cl2N2O2/c1-3-22(21(27)28)19(16-10-9-15(23)11-18(16)24)17(12-25)13(2)26-20(22)14-7-5-4-6-8-14/h4-11,19-20,26H,3H2,1-2H3,(H,27,28). The molecule has 4 nitrogen and oxygen atoms in total. The highest BCUT2D eigenvalue weighted by molar-refractivity contribution is 6.35. The Morgan fingerprint density at radius 3 is 2.46 bits per heavy atom. The van der Waals surface area contributed by atoms with Crippen molar-refractivity contribution in [2.24, 2.45) is 5.41 Å². The fourth-order valence-corrected chi connectivity index (χ4v) is 4.73. The molecule has 0 spiro atoms. The van der Waals surface area contributed by atoms with Crippen molar-refractivity contribution < 1.29 is 9.90 Å². The Morgan fingerprint density at radius 2 is 1.93 bits per heavy atom. The molecule has 0 amide bonds. The van der Waals surface area contributed by atoms with Crippen molar-refractivity contribution in [2.45, 2.75) is 32.2 Å². The fraction of sp³-hybridized carbons (Fsp3) is 0.273. The number of rotatable bonds is 4. The normalized spacial score (nSPS) is 24.4. The molecule has 144 valence electrons. The van der Waals surface area contributed by atoms with Gasteiger partial charge in [-0.15, -0.1) is 0 Å². The molecule has 1 heterocycles. The quantitative estimate of drug-likeness (QED) is 0.672. The molecule has 0 bridgehead atoms. The summed E-state index contributed by atoms with van der Waals surface area (Å²) < 4.78 is 0. The van der Waals surface area contributed by atoms with Crippen LogP contribution in [0.15, 0.2) is 59.8 Å².